The molecule has 0 aromatic heterocycles. The third kappa shape index (κ3) is 4.35. The Balaban J connectivity index is 0.000000230. The molecule has 2 rings (SSSR count). The molecular formula is C21H36O2. The van der Waals surface area contributed by atoms with Gasteiger partial charge in [0.1, 0.15) is 6.29 Å². The first-order valence-corrected chi connectivity index (χ1v) is 9.01. The summed E-state index contributed by atoms with van der Waals surface area (Å²) in [5, 5.41) is 9.81. The number of rotatable bonds is 5. The maximum atomic E-state index is 10.3. The molecule has 2 bridgehead atoms. The molecule has 2 aliphatic carbocycles. The van der Waals surface area contributed by atoms with Crippen molar-refractivity contribution in [3.63, 3.8) is 0 Å². The molecule has 0 heterocycles. The Labute approximate surface area is 143 Å². The largest absolute Gasteiger partial charge is 0.393 e. The number of carbonyl (C=O) groups excluding carboxylic acids is 1. The van der Waals surface area contributed by atoms with Crippen LogP contribution in [0.25, 0.3) is 0 Å². The summed E-state index contributed by atoms with van der Waals surface area (Å²) in [5.41, 5.74) is 2.64. The van der Waals surface area contributed by atoms with Crippen LogP contribution in [0.3, 0.4) is 0 Å². The van der Waals surface area contributed by atoms with Gasteiger partial charge in [-0.3, -0.25) is 4.79 Å². The van der Waals surface area contributed by atoms with Crippen LogP contribution in [0.5, 0.6) is 0 Å². The van der Waals surface area contributed by atoms with Gasteiger partial charge in [-0.2, -0.15) is 0 Å². The van der Waals surface area contributed by atoms with Gasteiger partial charge in [-0.15, -0.1) is 0 Å². The average Bonchev–Trinajstić information content (AvgIpc) is 2.79. The molecule has 23 heavy (non-hydrogen) atoms. The zero-order chi connectivity index (χ0) is 17.8. The lowest BCUT2D eigenvalue weighted by Gasteiger charge is -2.36. The third-order valence-electron chi connectivity index (χ3n) is 6.68. The van der Waals surface area contributed by atoms with Gasteiger partial charge in [0.25, 0.3) is 0 Å². The summed E-state index contributed by atoms with van der Waals surface area (Å²) in [6, 6.07) is 0. The molecule has 0 amide bonds. The van der Waals surface area contributed by atoms with Crippen molar-refractivity contribution in [1.82, 2.24) is 0 Å². The van der Waals surface area contributed by atoms with Crippen LogP contribution in [-0.4, -0.2) is 17.5 Å². The lowest BCUT2D eigenvalue weighted by atomic mass is 9.70. The number of hydrogen-bond donors (Lipinski definition) is 1. The van der Waals surface area contributed by atoms with E-state index in [4.69, 9.17) is 0 Å². The molecule has 1 N–H and O–H groups in total. The minimum Gasteiger partial charge on any atom is -0.393 e. The molecule has 132 valence electrons. The monoisotopic (exact) mass is 320 g/mol. The molecule has 4 atom stereocenters. The first kappa shape index (κ1) is 20.2. The number of aldehydes is 1. The fourth-order valence-electron chi connectivity index (χ4n) is 4.09. The van der Waals surface area contributed by atoms with E-state index in [9.17, 15) is 9.90 Å². The Bertz CT molecular complexity index is 456. The number of aliphatic hydroxyl groups is 1. The predicted octanol–water partition coefficient (Wildman–Crippen LogP) is 5.32. The van der Waals surface area contributed by atoms with E-state index in [1.165, 1.54) is 18.4 Å². The second kappa shape index (κ2) is 7.79. The Morgan fingerprint density at radius 1 is 1.35 bits per heavy atom. The summed E-state index contributed by atoms with van der Waals surface area (Å²) in [5.74, 6) is 1.10. The van der Waals surface area contributed by atoms with Gasteiger partial charge in [0.2, 0.25) is 0 Å². The van der Waals surface area contributed by atoms with E-state index in [2.05, 4.69) is 47.3 Å². The number of allylic oxidation sites excluding steroid dienone is 3. The molecule has 2 saturated carbocycles. The predicted molar refractivity (Wildman–Crippen MR) is 98.3 cm³/mol. The number of fused-ring (bicyclic) bond motifs is 2. The molecular weight excluding hydrogens is 284 g/mol. The average molecular weight is 321 g/mol. The molecule has 0 spiro atoms. The topological polar surface area (TPSA) is 37.3 Å². The highest BCUT2D eigenvalue weighted by atomic mass is 16.3. The summed E-state index contributed by atoms with van der Waals surface area (Å²) < 4.78 is 0. The molecule has 0 radical (unpaired) electrons. The summed E-state index contributed by atoms with van der Waals surface area (Å²) in [7, 11) is 0. The van der Waals surface area contributed by atoms with Crippen molar-refractivity contribution in [3.05, 3.63) is 23.8 Å². The van der Waals surface area contributed by atoms with Crippen molar-refractivity contribution < 1.29 is 9.90 Å². The molecule has 2 aliphatic rings. The van der Waals surface area contributed by atoms with Crippen molar-refractivity contribution >= 4 is 6.29 Å². The smallest absolute Gasteiger partial charge is 0.145 e. The highest BCUT2D eigenvalue weighted by Crippen LogP contribution is 2.65. The molecule has 2 heteroatoms. The lowest BCUT2D eigenvalue weighted by molar-refractivity contribution is -0.105. The zero-order valence-electron chi connectivity index (χ0n) is 16.0. The first-order chi connectivity index (χ1) is 10.6. The maximum Gasteiger partial charge on any atom is 0.145 e. The maximum absolute atomic E-state index is 10.3. The molecule has 2 nitrogen and oxygen atoms in total. The van der Waals surface area contributed by atoms with E-state index in [-0.39, 0.29) is 11.5 Å². The van der Waals surface area contributed by atoms with Crippen LogP contribution < -0.4 is 0 Å². The van der Waals surface area contributed by atoms with Gasteiger partial charge >= 0.3 is 0 Å². The van der Waals surface area contributed by atoms with Crippen LogP contribution in [0.15, 0.2) is 23.8 Å². The van der Waals surface area contributed by atoms with E-state index < -0.39 is 0 Å². The lowest BCUT2D eigenvalue weighted by Crippen LogP contribution is -2.35. The highest BCUT2D eigenvalue weighted by Gasteiger charge is 2.60. The molecule has 4 unspecified atom stereocenters. The van der Waals surface area contributed by atoms with Gasteiger partial charge < -0.3 is 5.11 Å². The van der Waals surface area contributed by atoms with Crippen molar-refractivity contribution in [2.45, 2.75) is 79.8 Å². The van der Waals surface area contributed by atoms with E-state index in [1.54, 1.807) is 0 Å². The summed E-state index contributed by atoms with van der Waals surface area (Å²) in [4.78, 5) is 10.3. The summed E-state index contributed by atoms with van der Waals surface area (Å²) >= 11 is 0. The number of hydrogen-bond acceptors (Lipinski definition) is 2. The molecule has 0 aromatic carbocycles. The number of carbonyl (C=O) groups is 1. The van der Waals surface area contributed by atoms with Crippen LogP contribution in [0.1, 0.15) is 73.6 Å². The fourth-order valence-corrected chi connectivity index (χ4v) is 4.09. The quantitative estimate of drug-likeness (QED) is 0.423. The molecule has 0 saturated heterocycles. The van der Waals surface area contributed by atoms with Crippen LogP contribution >= 0.6 is 0 Å². The van der Waals surface area contributed by atoms with Gasteiger partial charge in [-0.25, -0.2) is 0 Å². The van der Waals surface area contributed by atoms with Crippen LogP contribution in [0.4, 0.5) is 0 Å². The SMILES string of the molecule is C=C(C=O)C(C)CCC=C(C)C.CC1(C)C2CCC1(C)C(O)C2. The Hall–Kier alpha value is -0.890. The van der Waals surface area contributed by atoms with E-state index in [0.29, 0.717) is 16.9 Å². The zero-order valence-corrected chi connectivity index (χ0v) is 16.0. The van der Waals surface area contributed by atoms with Crippen molar-refractivity contribution in [3.8, 4) is 0 Å². The Kier molecular flexibility index (Phi) is 6.82. The van der Waals surface area contributed by atoms with Gasteiger partial charge in [0.15, 0.2) is 0 Å². The highest BCUT2D eigenvalue weighted by molar-refractivity contribution is 5.72. The van der Waals surface area contributed by atoms with Gasteiger partial charge in [-0.05, 0) is 74.2 Å². The van der Waals surface area contributed by atoms with Crippen LogP contribution in [0.2, 0.25) is 0 Å². The second-order valence-corrected chi connectivity index (χ2v) is 8.58. The minimum absolute atomic E-state index is 0.0313. The van der Waals surface area contributed by atoms with E-state index in [1.807, 2.05) is 6.92 Å². The van der Waals surface area contributed by atoms with Crippen LogP contribution in [-0.2, 0) is 4.79 Å². The van der Waals surface area contributed by atoms with E-state index >= 15 is 0 Å². The van der Waals surface area contributed by atoms with Crippen molar-refractivity contribution in [2.75, 3.05) is 0 Å². The van der Waals surface area contributed by atoms with E-state index in [0.717, 1.165) is 31.5 Å². The van der Waals surface area contributed by atoms with Gasteiger partial charge in [-0.1, -0.05) is 45.9 Å². The standard InChI is InChI=1S/C11H18O.C10H18O/c1-9(2)6-5-7-10(3)11(4)8-12;1-9(2)7-4-5-10(9,3)8(11)6-7/h6,8,10H,4-5,7H2,1-3H3;7-8,11H,4-6H2,1-3H3. The van der Waals surface area contributed by atoms with Crippen LogP contribution in [0, 0.1) is 22.7 Å². The molecule has 2 fully saturated rings. The Morgan fingerprint density at radius 2 is 1.96 bits per heavy atom. The van der Waals surface area contributed by atoms with Gasteiger partial charge in [0, 0.05) is 0 Å². The minimum atomic E-state index is -0.0313. The fraction of sp³-hybridized carbons (Fsp3) is 0.762. The second-order valence-electron chi connectivity index (χ2n) is 8.58. The normalized spacial score (nSPS) is 31.8. The summed E-state index contributed by atoms with van der Waals surface area (Å²) in [6.45, 7) is 16.8. The first-order valence-electron chi connectivity index (χ1n) is 9.01. The molecule has 0 aliphatic heterocycles. The molecule has 0 aromatic rings. The Morgan fingerprint density at radius 3 is 2.26 bits per heavy atom. The third-order valence-corrected chi connectivity index (χ3v) is 6.68. The van der Waals surface area contributed by atoms with Crippen molar-refractivity contribution in [1.29, 1.82) is 0 Å². The van der Waals surface area contributed by atoms with Crippen molar-refractivity contribution in [2.24, 2.45) is 22.7 Å². The van der Waals surface area contributed by atoms with Gasteiger partial charge in [0.05, 0.1) is 6.10 Å². The summed E-state index contributed by atoms with van der Waals surface area (Å²) in [6.07, 6.45) is 8.67. The number of aliphatic hydroxyl groups excluding tert-OH is 1.